The average molecular weight is 195 g/mol. The Hall–Kier alpha value is -0.590. The summed E-state index contributed by atoms with van der Waals surface area (Å²) >= 11 is 0. The fraction of sp³-hybridized carbons (Fsp3) is 0.909. The first-order valence-corrected chi connectivity index (χ1v) is 5.64. The van der Waals surface area contributed by atoms with Gasteiger partial charge in [-0.3, -0.25) is 5.32 Å². The van der Waals surface area contributed by atoms with E-state index in [1.54, 1.807) is 0 Å². The molecule has 3 nitrogen and oxygen atoms in total. The van der Waals surface area contributed by atoms with Gasteiger partial charge in [0.25, 0.3) is 0 Å². The zero-order valence-corrected chi connectivity index (χ0v) is 9.29. The van der Waals surface area contributed by atoms with E-state index in [1.807, 2.05) is 6.92 Å². The van der Waals surface area contributed by atoms with E-state index in [0.717, 1.165) is 0 Å². The van der Waals surface area contributed by atoms with E-state index in [-0.39, 0.29) is 6.04 Å². The van der Waals surface area contributed by atoms with Gasteiger partial charge in [0.05, 0.1) is 12.1 Å². The molecule has 1 rings (SSSR count). The summed E-state index contributed by atoms with van der Waals surface area (Å²) in [6.07, 6.45) is 3.62. The first-order chi connectivity index (χ1) is 6.76. The smallest absolute Gasteiger partial charge is 0.0926 e. The zero-order valence-electron chi connectivity index (χ0n) is 9.29. The maximum atomic E-state index is 8.68. The predicted molar refractivity (Wildman–Crippen MR) is 58.0 cm³/mol. The topological polar surface area (TPSA) is 39.1 Å². The summed E-state index contributed by atoms with van der Waals surface area (Å²) in [6.45, 7) is 7.74. The Bertz CT molecular complexity index is 189. The predicted octanol–water partition coefficient (Wildman–Crippen LogP) is 1.36. The molecule has 1 saturated heterocycles. The standard InChI is InChI=1S/C11H21N3/c1-3-6-14-7-4-11(5-8-14)13-10(2)9-12/h10-11,13H,3-8H2,1-2H3. The molecule has 0 aliphatic carbocycles. The molecule has 1 N–H and O–H groups in total. The van der Waals surface area contributed by atoms with Crippen LogP contribution in [-0.2, 0) is 0 Å². The number of nitrogens with zero attached hydrogens (tertiary/aromatic N) is 2. The molecule has 0 aromatic heterocycles. The fourth-order valence-corrected chi connectivity index (χ4v) is 2.03. The van der Waals surface area contributed by atoms with Gasteiger partial charge in [0, 0.05) is 6.04 Å². The minimum atomic E-state index is -0.00211. The lowest BCUT2D eigenvalue weighted by Crippen LogP contribution is -2.45. The van der Waals surface area contributed by atoms with Crippen molar-refractivity contribution in [1.29, 1.82) is 5.26 Å². The molecule has 0 saturated carbocycles. The van der Waals surface area contributed by atoms with E-state index in [4.69, 9.17) is 5.26 Å². The van der Waals surface area contributed by atoms with Crippen LogP contribution in [0.25, 0.3) is 0 Å². The van der Waals surface area contributed by atoms with Crippen molar-refractivity contribution in [2.24, 2.45) is 0 Å². The van der Waals surface area contributed by atoms with Crippen molar-refractivity contribution in [3.8, 4) is 6.07 Å². The minimum absolute atomic E-state index is 0.00211. The van der Waals surface area contributed by atoms with Gasteiger partial charge in [0.1, 0.15) is 0 Å². The van der Waals surface area contributed by atoms with Crippen LogP contribution in [0.5, 0.6) is 0 Å². The minimum Gasteiger partial charge on any atom is -0.303 e. The van der Waals surface area contributed by atoms with E-state index in [0.29, 0.717) is 6.04 Å². The van der Waals surface area contributed by atoms with Gasteiger partial charge >= 0.3 is 0 Å². The molecule has 14 heavy (non-hydrogen) atoms. The van der Waals surface area contributed by atoms with E-state index < -0.39 is 0 Å². The van der Waals surface area contributed by atoms with E-state index in [1.165, 1.54) is 38.9 Å². The number of rotatable bonds is 4. The van der Waals surface area contributed by atoms with Gasteiger partial charge in [0.15, 0.2) is 0 Å². The number of nitrogens with one attached hydrogen (secondary N) is 1. The molecule has 1 aliphatic rings. The summed E-state index contributed by atoms with van der Waals surface area (Å²) in [5.41, 5.74) is 0. The number of hydrogen-bond acceptors (Lipinski definition) is 3. The molecule has 3 heteroatoms. The van der Waals surface area contributed by atoms with Gasteiger partial charge in [-0.05, 0) is 45.8 Å². The molecule has 80 valence electrons. The summed E-state index contributed by atoms with van der Waals surface area (Å²) in [7, 11) is 0. The van der Waals surface area contributed by atoms with Gasteiger partial charge in [-0.15, -0.1) is 0 Å². The average Bonchev–Trinajstić information content (AvgIpc) is 2.21. The van der Waals surface area contributed by atoms with E-state index in [9.17, 15) is 0 Å². The third-order valence-corrected chi connectivity index (χ3v) is 2.81. The molecule has 1 unspecified atom stereocenters. The van der Waals surface area contributed by atoms with Gasteiger partial charge in [-0.2, -0.15) is 5.26 Å². The van der Waals surface area contributed by atoms with Crippen LogP contribution < -0.4 is 5.32 Å². The van der Waals surface area contributed by atoms with Crippen LogP contribution in [0.2, 0.25) is 0 Å². The summed E-state index contributed by atoms with van der Waals surface area (Å²) in [5, 5.41) is 12.0. The zero-order chi connectivity index (χ0) is 10.4. The Morgan fingerprint density at radius 3 is 2.64 bits per heavy atom. The second-order valence-electron chi connectivity index (χ2n) is 4.13. The molecule has 1 heterocycles. The molecule has 1 fully saturated rings. The van der Waals surface area contributed by atoms with Crippen LogP contribution in [0, 0.1) is 11.3 Å². The van der Waals surface area contributed by atoms with Crippen molar-refractivity contribution in [3.05, 3.63) is 0 Å². The highest BCUT2D eigenvalue weighted by atomic mass is 15.1. The Morgan fingerprint density at radius 1 is 1.50 bits per heavy atom. The Labute approximate surface area is 87.1 Å². The summed E-state index contributed by atoms with van der Waals surface area (Å²) in [5.74, 6) is 0. The molecule has 0 aromatic carbocycles. The van der Waals surface area contributed by atoms with Crippen LogP contribution in [0.3, 0.4) is 0 Å². The van der Waals surface area contributed by atoms with Crippen molar-refractivity contribution < 1.29 is 0 Å². The summed E-state index contributed by atoms with van der Waals surface area (Å²) in [4.78, 5) is 2.51. The third kappa shape index (κ3) is 3.65. The normalized spacial score (nSPS) is 21.8. The highest BCUT2D eigenvalue weighted by Gasteiger charge is 2.19. The van der Waals surface area contributed by atoms with Crippen molar-refractivity contribution in [3.63, 3.8) is 0 Å². The summed E-state index contributed by atoms with van der Waals surface area (Å²) in [6, 6.07) is 2.78. The number of nitriles is 1. The largest absolute Gasteiger partial charge is 0.303 e. The molecule has 0 radical (unpaired) electrons. The highest BCUT2D eigenvalue weighted by Crippen LogP contribution is 2.10. The number of hydrogen-bond donors (Lipinski definition) is 1. The van der Waals surface area contributed by atoms with Crippen molar-refractivity contribution >= 4 is 0 Å². The van der Waals surface area contributed by atoms with Gasteiger partial charge in [-0.1, -0.05) is 6.92 Å². The lowest BCUT2D eigenvalue weighted by atomic mass is 10.0. The van der Waals surface area contributed by atoms with Crippen LogP contribution in [0.4, 0.5) is 0 Å². The fourth-order valence-electron chi connectivity index (χ4n) is 2.03. The lowest BCUT2D eigenvalue weighted by molar-refractivity contribution is 0.196. The maximum absolute atomic E-state index is 8.68. The monoisotopic (exact) mass is 195 g/mol. The van der Waals surface area contributed by atoms with Crippen LogP contribution >= 0.6 is 0 Å². The molecular weight excluding hydrogens is 174 g/mol. The third-order valence-electron chi connectivity index (χ3n) is 2.81. The SMILES string of the molecule is CCCN1CCC(NC(C)C#N)CC1. The summed E-state index contributed by atoms with van der Waals surface area (Å²) < 4.78 is 0. The first-order valence-electron chi connectivity index (χ1n) is 5.64. The van der Waals surface area contributed by atoms with Crippen LogP contribution in [-0.4, -0.2) is 36.6 Å². The maximum Gasteiger partial charge on any atom is 0.0926 e. The highest BCUT2D eigenvalue weighted by molar-refractivity contribution is 4.89. The number of likely N-dealkylation sites (tertiary alicyclic amines) is 1. The molecule has 0 aromatic rings. The van der Waals surface area contributed by atoms with Gasteiger partial charge in [0.2, 0.25) is 0 Å². The quantitative estimate of drug-likeness (QED) is 0.736. The van der Waals surface area contributed by atoms with Crippen molar-refractivity contribution in [1.82, 2.24) is 10.2 Å². The molecular formula is C11H21N3. The van der Waals surface area contributed by atoms with E-state index >= 15 is 0 Å². The second-order valence-corrected chi connectivity index (χ2v) is 4.13. The lowest BCUT2D eigenvalue weighted by Gasteiger charge is -2.32. The van der Waals surface area contributed by atoms with Crippen LogP contribution in [0.15, 0.2) is 0 Å². The Morgan fingerprint density at radius 2 is 2.14 bits per heavy atom. The molecule has 0 spiro atoms. The van der Waals surface area contributed by atoms with Crippen LogP contribution in [0.1, 0.15) is 33.1 Å². The molecule has 0 amide bonds. The van der Waals surface area contributed by atoms with Gasteiger partial charge < -0.3 is 4.90 Å². The van der Waals surface area contributed by atoms with E-state index in [2.05, 4.69) is 23.2 Å². The van der Waals surface area contributed by atoms with Crippen molar-refractivity contribution in [2.45, 2.75) is 45.2 Å². The second kappa shape index (κ2) is 6.00. The Balaban J connectivity index is 2.19. The first kappa shape index (κ1) is 11.5. The number of piperidine rings is 1. The molecule has 1 aliphatic heterocycles. The Kier molecular flexibility index (Phi) is 4.92. The molecule has 1 atom stereocenters. The van der Waals surface area contributed by atoms with Crippen molar-refractivity contribution in [2.75, 3.05) is 19.6 Å². The molecule has 0 bridgehead atoms. The van der Waals surface area contributed by atoms with Gasteiger partial charge in [-0.25, -0.2) is 0 Å².